The van der Waals surface area contributed by atoms with Crippen LogP contribution in [0.3, 0.4) is 0 Å². The lowest BCUT2D eigenvalue weighted by atomic mass is 10.1. The smallest absolute Gasteiger partial charge is 0.306 e. The van der Waals surface area contributed by atoms with Gasteiger partial charge < -0.3 is 10.1 Å². The number of thiophene rings is 1. The number of amides is 1. The minimum Gasteiger partial charge on any atom is -0.456 e. The molecule has 0 aliphatic heterocycles. The van der Waals surface area contributed by atoms with Gasteiger partial charge in [-0.1, -0.05) is 29.8 Å². The summed E-state index contributed by atoms with van der Waals surface area (Å²) in [5.74, 6) is -1.03. The van der Waals surface area contributed by atoms with Crippen LogP contribution in [-0.2, 0) is 20.7 Å². The molecule has 0 spiro atoms. The zero-order valence-electron chi connectivity index (χ0n) is 13.5. The van der Waals surface area contributed by atoms with E-state index in [-0.39, 0.29) is 31.1 Å². The Morgan fingerprint density at radius 1 is 1.12 bits per heavy atom. The van der Waals surface area contributed by atoms with Crippen molar-refractivity contribution >= 4 is 40.6 Å². The lowest BCUT2D eigenvalue weighted by Gasteiger charge is -2.07. The number of rotatable bonds is 9. The van der Waals surface area contributed by atoms with Gasteiger partial charge in [0.1, 0.15) is 0 Å². The summed E-state index contributed by atoms with van der Waals surface area (Å²) in [6.45, 7) is 0.0785. The van der Waals surface area contributed by atoms with Gasteiger partial charge in [-0.2, -0.15) is 0 Å². The van der Waals surface area contributed by atoms with E-state index in [0.717, 1.165) is 5.56 Å². The Morgan fingerprint density at radius 2 is 1.96 bits per heavy atom. The quantitative estimate of drug-likeness (QED) is 0.536. The molecule has 2 rings (SSSR count). The van der Waals surface area contributed by atoms with E-state index in [2.05, 4.69) is 5.32 Å². The van der Waals surface area contributed by atoms with Crippen LogP contribution in [0, 0.1) is 0 Å². The van der Waals surface area contributed by atoms with Gasteiger partial charge in [0.2, 0.25) is 0 Å². The standard InChI is InChI=1S/C18H18ClNO4S/c19-14-4-1-3-13(11-14)8-9-20-17(22)12-24-18(23)7-6-15(21)16-5-2-10-25-16/h1-5,10-11H,6-9,12H2,(H,20,22). The molecular weight excluding hydrogens is 362 g/mol. The van der Waals surface area contributed by atoms with E-state index in [9.17, 15) is 14.4 Å². The molecule has 1 aromatic carbocycles. The fourth-order valence-corrected chi connectivity index (χ4v) is 2.99. The number of esters is 1. The monoisotopic (exact) mass is 379 g/mol. The average Bonchev–Trinajstić information content (AvgIpc) is 3.12. The minimum atomic E-state index is -0.560. The molecular formula is C18H18ClNO4S. The fraction of sp³-hybridized carbons (Fsp3) is 0.278. The average molecular weight is 380 g/mol. The number of ether oxygens (including phenoxy) is 1. The molecule has 0 saturated heterocycles. The molecule has 0 fully saturated rings. The summed E-state index contributed by atoms with van der Waals surface area (Å²) in [4.78, 5) is 35.6. The third-order valence-electron chi connectivity index (χ3n) is 3.34. The molecule has 0 saturated carbocycles. The maximum Gasteiger partial charge on any atom is 0.306 e. The maximum absolute atomic E-state index is 11.8. The zero-order valence-corrected chi connectivity index (χ0v) is 15.1. The lowest BCUT2D eigenvalue weighted by Crippen LogP contribution is -2.30. The number of carbonyl (C=O) groups excluding carboxylic acids is 3. The number of halogens is 1. The van der Waals surface area contributed by atoms with E-state index in [1.807, 2.05) is 18.2 Å². The van der Waals surface area contributed by atoms with Gasteiger partial charge in [0.25, 0.3) is 5.91 Å². The van der Waals surface area contributed by atoms with Crippen LogP contribution in [0.25, 0.3) is 0 Å². The molecule has 0 aliphatic carbocycles. The largest absolute Gasteiger partial charge is 0.456 e. The zero-order chi connectivity index (χ0) is 18.1. The highest BCUT2D eigenvalue weighted by atomic mass is 35.5. The van der Waals surface area contributed by atoms with Gasteiger partial charge in [-0.3, -0.25) is 14.4 Å². The van der Waals surface area contributed by atoms with Crippen LogP contribution in [0.15, 0.2) is 41.8 Å². The molecule has 5 nitrogen and oxygen atoms in total. The molecule has 1 aromatic heterocycles. The van der Waals surface area contributed by atoms with Gasteiger partial charge in [-0.05, 0) is 35.6 Å². The molecule has 7 heteroatoms. The summed E-state index contributed by atoms with van der Waals surface area (Å²) in [6.07, 6.45) is 0.678. The molecule has 2 aromatic rings. The van der Waals surface area contributed by atoms with Crippen LogP contribution in [0.4, 0.5) is 0 Å². The highest BCUT2D eigenvalue weighted by Gasteiger charge is 2.12. The molecule has 1 N–H and O–H groups in total. The number of benzene rings is 1. The van der Waals surface area contributed by atoms with Crippen molar-refractivity contribution < 1.29 is 19.1 Å². The lowest BCUT2D eigenvalue weighted by molar-refractivity contribution is -0.148. The molecule has 0 aliphatic rings. The highest BCUT2D eigenvalue weighted by molar-refractivity contribution is 7.12. The van der Waals surface area contributed by atoms with Crippen LogP contribution in [-0.4, -0.2) is 30.8 Å². The number of hydrogen-bond donors (Lipinski definition) is 1. The second-order valence-electron chi connectivity index (χ2n) is 5.29. The SMILES string of the molecule is O=C(COC(=O)CCC(=O)c1cccs1)NCCc1cccc(Cl)c1. The molecule has 0 atom stereocenters. The summed E-state index contributed by atoms with van der Waals surface area (Å²) in [7, 11) is 0. The second-order valence-corrected chi connectivity index (χ2v) is 6.68. The van der Waals surface area contributed by atoms with E-state index in [1.165, 1.54) is 11.3 Å². The van der Waals surface area contributed by atoms with Crippen LogP contribution in [0.1, 0.15) is 28.1 Å². The molecule has 0 bridgehead atoms. The van der Waals surface area contributed by atoms with E-state index in [0.29, 0.717) is 22.9 Å². The summed E-state index contributed by atoms with van der Waals surface area (Å²) in [5, 5.41) is 5.12. The number of nitrogens with one attached hydrogen (secondary N) is 1. The third-order valence-corrected chi connectivity index (χ3v) is 4.49. The van der Waals surface area contributed by atoms with Gasteiger partial charge in [0.15, 0.2) is 12.4 Å². The molecule has 25 heavy (non-hydrogen) atoms. The molecule has 0 unspecified atom stereocenters. The molecule has 1 amide bonds. The van der Waals surface area contributed by atoms with Crippen molar-refractivity contribution in [3.63, 3.8) is 0 Å². The number of hydrogen-bond acceptors (Lipinski definition) is 5. The van der Waals surface area contributed by atoms with Gasteiger partial charge in [-0.15, -0.1) is 11.3 Å². The first-order valence-corrected chi connectivity index (χ1v) is 9.04. The van der Waals surface area contributed by atoms with Crippen molar-refractivity contribution in [1.82, 2.24) is 5.32 Å². The number of ketones is 1. The Morgan fingerprint density at radius 3 is 2.68 bits per heavy atom. The molecule has 132 valence electrons. The van der Waals surface area contributed by atoms with Crippen LogP contribution in [0.5, 0.6) is 0 Å². The fourth-order valence-electron chi connectivity index (χ4n) is 2.08. The predicted octanol–water partition coefficient (Wildman–Crippen LogP) is 3.27. The van der Waals surface area contributed by atoms with Crippen LogP contribution in [0.2, 0.25) is 5.02 Å². The van der Waals surface area contributed by atoms with Crippen molar-refractivity contribution in [3.8, 4) is 0 Å². The summed E-state index contributed by atoms with van der Waals surface area (Å²) < 4.78 is 4.87. The summed E-state index contributed by atoms with van der Waals surface area (Å²) in [6, 6.07) is 10.9. The van der Waals surface area contributed by atoms with Crippen molar-refractivity contribution in [1.29, 1.82) is 0 Å². The first-order valence-electron chi connectivity index (χ1n) is 7.78. The topological polar surface area (TPSA) is 72.5 Å². The number of Topliss-reactive ketones (excluding diaryl/α,β-unsaturated/α-hetero) is 1. The summed E-state index contributed by atoms with van der Waals surface area (Å²) >= 11 is 7.22. The van der Waals surface area contributed by atoms with Gasteiger partial charge in [0.05, 0.1) is 11.3 Å². The van der Waals surface area contributed by atoms with Crippen molar-refractivity contribution in [2.75, 3.05) is 13.2 Å². The number of carbonyl (C=O) groups is 3. The van der Waals surface area contributed by atoms with E-state index >= 15 is 0 Å². The summed E-state index contributed by atoms with van der Waals surface area (Å²) in [5.41, 5.74) is 1.01. The van der Waals surface area contributed by atoms with Gasteiger partial charge in [0, 0.05) is 18.0 Å². The Hall–Kier alpha value is -2.18. The van der Waals surface area contributed by atoms with E-state index in [1.54, 1.807) is 23.6 Å². The Kier molecular flexibility index (Phi) is 7.63. The Labute approximate surface area is 154 Å². The van der Waals surface area contributed by atoms with E-state index in [4.69, 9.17) is 16.3 Å². The first kappa shape index (κ1) is 19.1. The second kappa shape index (κ2) is 9.96. The van der Waals surface area contributed by atoms with E-state index < -0.39 is 5.97 Å². The maximum atomic E-state index is 11.8. The third kappa shape index (κ3) is 7.07. The minimum absolute atomic E-state index is 0.0352. The van der Waals surface area contributed by atoms with Crippen molar-refractivity contribution in [3.05, 3.63) is 57.2 Å². The van der Waals surface area contributed by atoms with Crippen LogP contribution >= 0.6 is 22.9 Å². The molecule has 1 heterocycles. The van der Waals surface area contributed by atoms with Crippen molar-refractivity contribution in [2.45, 2.75) is 19.3 Å². The predicted molar refractivity (Wildman–Crippen MR) is 97.0 cm³/mol. The Balaban J connectivity index is 1.59. The normalized spacial score (nSPS) is 10.3. The first-order chi connectivity index (χ1) is 12.0. The highest BCUT2D eigenvalue weighted by Crippen LogP contribution is 2.12. The van der Waals surface area contributed by atoms with Crippen molar-refractivity contribution in [2.24, 2.45) is 0 Å². The van der Waals surface area contributed by atoms with Gasteiger partial charge >= 0.3 is 5.97 Å². The molecule has 0 radical (unpaired) electrons. The van der Waals surface area contributed by atoms with Crippen LogP contribution < -0.4 is 5.32 Å². The Bertz CT molecular complexity index is 730. The van der Waals surface area contributed by atoms with Gasteiger partial charge in [-0.25, -0.2) is 0 Å².